The van der Waals surface area contributed by atoms with Gasteiger partial charge in [-0.25, -0.2) is 0 Å². The van der Waals surface area contributed by atoms with Gasteiger partial charge in [0.05, 0.1) is 0 Å². The molecular formula is C30H51NOS. The van der Waals surface area contributed by atoms with Crippen LogP contribution in [0.1, 0.15) is 106 Å². The maximum atomic E-state index is 11.8. The fourth-order valence-corrected chi connectivity index (χ4v) is 3.75. The number of allylic oxidation sites excluding steroid dienone is 10. The van der Waals surface area contributed by atoms with Crippen molar-refractivity contribution < 1.29 is 4.79 Å². The lowest BCUT2D eigenvalue weighted by atomic mass is 10.0. The SMILES string of the molecule is CSCCNC(=O)CC/C(C)=C/CC/C(C)=C/CC/C=C(\C)CC/C=C(\C)CCC=C(C)C. The summed E-state index contributed by atoms with van der Waals surface area (Å²) in [7, 11) is 0. The minimum Gasteiger partial charge on any atom is -0.355 e. The van der Waals surface area contributed by atoms with Crippen molar-refractivity contribution in [1.82, 2.24) is 5.32 Å². The molecule has 0 aliphatic carbocycles. The highest BCUT2D eigenvalue weighted by atomic mass is 32.2. The number of thioether (sulfide) groups is 1. The molecule has 0 saturated heterocycles. The summed E-state index contributed by atoms with van der Waals surface area (Å²) >= 11 is 1.76. The van der Waals surface area contributed by atoms with E-state index in [-0.39, 0.29) is 5.91 Å². The molecule has 0 bridgehead atoms. The zero-order chi connectivity index (χ0) is 24.9. The number of hydrogen-bond acceptors (Lipinski definition) is 2. The van der Waals surface area contributed by atoms with E-state index in [1.54, 1.807) is 11.8 Å². The minimum absolute atomic E-state index is 0.168. The van der Waals surface area contributed by atoms with Crippen LogP contribution >= 0.6 is 11.8 Å². The average Bonchev–Trinajstić information content (AvgIpc) is 2.75. The first kappa shape index (κ1) is 31.5. The first-order valence-electron chi connectivity index (χ1n) is 12.8. The Hall–Kier alpha value is -1.48. The number of nitrogens with one attached hydrogen (secondary N) is 1. The van der Waals surface area contributed by atoms with E-state index in [1.807, 2.05) is 0 Å². The van der Waals surface area contributed by atoms with Crippen molar-refractivity contribution in [1.29, 1.82) is 0 Å². The third-order valence-corrected chi connectivity index (χ3v) is 6.29. The van der Waals surface area contributed by atoms with Crippen molar-refractivity contribution in [3.05, 3.63) is 58.2 Å². The molecule has 0 unspecified atom stereocenters. The van der Waals surface area contributed by atoms with Crippen LogP contribution in [0, 0.1) is 0 Å². The van der Waals surface area contributed by atoms with Gasteiger partial charge in [0.2, 0.25) is 5.91 Å². The van der Waals surface area contributed by atoms with Gasteiger partial charge in [0.1, 0.15) is 0 Å². The van der Waals surface area contributed by atoms with Gasteiger partial charge in [0.15, 0.2) is 0 Å². The van der Waals surface area contributed by atoms with Crippen LogP contribution in [0.25, 0.3) is 0 Å². The molecule has 0 fully saturated rings. The van der Waals surface area contributed by atoms with E-state index in [2.05, 4.69) is 83.5 Å². The number of carbonyl (C=O) groups excluding carboxylic acids is 1. The van der Waals surface area contributed by atoms with E-state index >= 15 is 0 Å². The highest BCUT2D eigenvalue weighted by molar-refractivity contribution is 7.98. The molecule has 0 rings (SSSR count). The molecule has 0 aromatic rings. The van der Waals surface area contributed by atoms with E-state index in [4.69, 9.17) is 0 Å². The van der Waals surface area contributed by atoms with E-state index < -0.39 is 0 Å². The van der Waals surface area contributed by atoms with Crippen LogP contribution < -0.4 is 5.32 Å². The molecule has 0 spiro atoms. The molecule has 0 heterocycles. The lowest BCUT2D eigenvalue weighted by Gasteiger charge is -2.05. The minimum atomic E-state index is 0.168. The summed E-state index contributed by atoms with van der Waals surface area (Å²) in [5, 5.41) is 2.97. The van der Waals surface area contributed by atoms with Crippen LogP contribution in [-0.4, -0.2) is 24.5 Å². The van der Waals surface area contributed by atoms with E-state index in [0.29, 0.717) is 6.42 Å². The van der Waals surface area contributed by atoms with Gasteiger partial charge in [-0.15, -0.1) is 0 Å². The molecule has 0 aromatic heterocycles. The number of unbranched alkanes of at least 4 members (excludes halogenated alkanes) is 1. The Morgan fingerprint density at radius 3 is 1.48 bits per heavy atom. The zero-order valence-corrected chi connectivity index (χ0v) is 23.5. The summed E-state index contributed by atoms with van der Waals surface area (Å²) in [6, 6.07) is 0. The van der Waals surface area contributed by atoms with Crippen molar-refractivity contribution in [3.8, 4) is 0 Å². The Morgan fingerprint density at radius 1 is 0.606 bits per heavy atom. The highest BCUT2D eigenvalue weighted by Crippen LogP contribution is 2.14. The maximum Gasteiger partial charge on any atom is 0.220 e. The number of rotatable bonds is 18. The number of hydrogen-bond donors (Lipinski definition) is 1. The fraction of sp³-hybridized carbons (Fsp3) is 0.633. The quantitative estimate of drug-likeness (QED) is 0.159. The van der Waals surface area contributed by atoms with Gasteiger partial charge in [-0.05, 0) is 106 Å². The monoisotopic (exact) mass is 473 g/mol. The zero-order valence-electron chi connectivity index (χ0n) is 22.7. The first-order valence-corrected chi connectivity index (χ1v) is 14.2. The molecule has 0 radical (unpaired) electrons. The largest absolute Gasteiger partial charge is 0.355 e. The third kappa shape index (κ3) is 22.1. The van der Waals surface area contributed by atoms with Crippen molar-refractivity contribution >= 4 is 17.7 Å². The standard InChI is InChI=1S/C30H51NOS/c1-25(2)13-10-16-28(5)19-11-17-26(3)14-8-9-15-27(4)18-12-20-29(6)21-22-30(32)31-23-24-33-7/h13-15,19-20H,8-12,16-18,21-24H2,1-7H3,(H,31,32)/b26-14+,27-15+,28-19+,29-20+. The van der Waals surface area contributed by atoms with Crippen molar-refractivity contribution in [2.24, 2.45) is 0 Å². The molecule has 3 heteroatoms. The topological polar surface area (TPSA) is 29.1 Å². The van der Waals surface area contributed by atoms with Crippen LogP contribution in [0.3, 0.4) is 0 Å². The normalized spacial score (nSPS) is 13.3. The van der Waals surface area contributed by atoms with Gasteiger partial charge in [0.25, 0.3) is 0 Å². The predicted molar refractivity (Wildman–Crippen MR) is 152 cm³/mol. The van der Waals surface area contributed by atoms with Gasteiger partial charge in [-0.3, -0.25) is 4.79 Å². The third-order valence-electron chi connectivity index (χ3n) is 5.68. The number of carbonyl (C=O) groups is 1. The van der Waals surface area contributed by atoms with Gasteiger partial charge in [0, 0.05) is 18.7 Å². The van der Waals surface area contributed by atoms with E-state index in [1.165, 1.54) is 40.7 Å². The van der Waals surface area contributed by atoms with Gasteiger partial charge in [-0.2, -0.15) is 11.8 Å². The molecule has 33 heavy (non-hydrogen) atoms. The van der Waals surface area contributed by atoms with Crippen molar-refractivity contribution in [2.45, 2.75) is 106 Å². The van der Waals surface area contributed by atoms with Crippen LogP contribution in [0.5, 0.6) is 0 Å². The molecule has 0 aliphatic rings. The summed E-state index contributed by atoms with van der Waals surface area (Å²) in [4.78, 5) is 11.8. The van der Waals surface area contributed by atoms with Crippen LogP contribution in [-0.2, 0) is 4.79 Å². The molecule has 0 aliphatic heterocycles. The molecular weight excluding hydrogens is 422 g/mol. The van der Waals surface area contributed by atoms with Crippen LogP contribution in [0.4, 0.5) is 0 Å². The van der Waals surface area contributed by atoms with Crippen LogP contribution in [0.15, 0.2) is 58.2 Å². The highest BCUT2D eigenvalue weighted by Gasteiger charge is 2.01. The number of amides is 1. The lowest BCUT2D eigenvalue weighted by Crippen LogP contribution is -2.25. The van der Waals surface area contributed by atoms with Crippen LogP contribution in [0.2, 0.25) is 0 Å². The molecule has 2 nitrogen and oxygen atoms in total. The first-order chi connectivity index (χ1) is 15.7. The molecule has 1 N–H and O–H groups in total. The van der Waals surface area contributed by atoms with E-state index in [9.17, 15) is 4.79 Å². The molecule has 0 aromatic carbocycles. The summed E-state index contributed by atoms with van der Waals surface area (Å²) in [6.07, 6.45) is 24.4. The molecule has 0 atom stereocenters. The Morgan fingerprint density at radius 2 is 1.03 bits per heavy atom. The molecule has 188 valence electrons. The Balaban J connectivity index is 4.04. The Bertz CT molecular complexity index is 690. The Kier molecular flexibility index (Phi) is 20.1. The summed E-state index contributed by atoms with van der Waals surface area (Å²) < 4.78 is 0. The average molecular weight is 474 g/mol. The summed E-state index contributed by atoms with van der Waals surface area (Å²) in [5.41, 5.74) is 7.22. The van der Waals surface area contributed by atoms with E-state index in [0.717, 1.165) is 57.2 Å². The second kappa shape index (κ2) is 21.1. The maximum absolute atomic E-state index is 11.8. The second-order valence-corrected chi connectivity index (χ2v) is 10.5. The second-order valence-electron chi connectivity index (χ2n) is 9.52. The van der Waals surface area contributed by atoms with Gasteiger partial charge >= 0.3 is 0 Å². The summed E-state index contributed by atoms with van der Waals surface area (Å²) in [5.74, 6) is 1.15. The molecule has 0 saturated carbocycles. The Labute approximate surface area is 210 Å². The lowest BCUT2D eigenvalue weighted by molar-refractivity contribution is -0.120. The smallest absolute Gasteiger partial charge is 0.220 e. The fourth-order valence-electron chi connectivity index (χ4n) is 3.44. The van der Waals surface area contributed by atoms with Crippen molar-refractivity contribution in [2.75, 3.05) is 18.6 Å². The van der Waals surface area contributed by atoms with Crippen molar-refractivity contribution in [3.63, 3.8) is 0 Å². The summed E-state index contributed by atoms with van der Waals surface area (Å²) in [6.45, 7) is 14.0. The van der Waals surface area contributed by atoms with Gasteiger partial charge < -0.3 is 5.32 Å². The predicted octanol–water partition coefficient (Wildman–Crippen LogP) is 9.12. The van der Waals surface area contributed by atoms with Gasteiger partial charge in [-0.1, -0.05) is 58.2 Å². The molecule has 1 amide bonds.